The lowest BCUT2D eigenvalue weighted by Gasteiger charge is -2.11. The summed E-state index contributed by atoms with van der Waals surface area (Å²) >= 11 is 0. The minimum atomic E-state index is -3.22. The molecule has 0 aromatic heterocycles. The molecule has 1 aromatic rings. The summed E-state index contributed by atoms with van der Waals surface area (Å²) in [6.45, 7) is 3.86. The number of nitrogens with one attached hydrogen (secondary N) is 2. The Morgan fingerprint density at radius 2 is 2.00 bits per heavy atom. The van der Waals surface area contributed by atoms with E-state index in [1.807, 2.05) is 26.0 Å². The van der Waals surface area contributed by atoms with Crippen LogP contribution in [0.2, 0.25) is 0 Å². The number of sulfonamides is 1. The zero-order valence-corrected chi connectivity index (χ0v) is 11.4. The van der Waals surface area contributed by atoms with Crippen molar-refractivity contribution < 1.29 is 8.42 Å². The number of hydrogen-bond donors (Lipinski definition) is 2. The maximum Gasteiger partial charge on any atom is 0.232 e. The van der Waals surface area contributed by atoms with E-state index in [1.165, 1.54) is 0 Å². The third kappa shape index (κ3) is 4.26. The first-order chi connectivity index (χ1) is 7.98. The van der Waals surface area contributed by atoms with E-state index in [0.29, 0.717) is 12.1 Å². The highest BCUT2D eigenvalue weighted by molar-refractivity contribution is 7.92. The summed E-state index contributed by atoms with van der Waals surface area (Å²) in [7, 11) is -1.42. The molecule has 1 aromatic carbocycles. The van der Waals surface area contributed by atoms with E-state index < -0.39 is 10.0 Å². The molecule has 0 saturated carbocycles. The van der Waals surface area contributed by atoms with Crippen molar-refractivity contribution in [1.82, 2.24) is 0 Å². The molecule has 17 heavy (non-hydrogen) atoms. The normalized spacial score (nSPS) is 11.2. The van der Waals surface area contributed by atoms with Crippen LogP contribution in [0, 0.1) is 6.92 Å². The molecule has 0 aliphatic rings. The van der Waals surface area contributed by atoms with E-state index in [1.54, 1.807) is 13.1 Å². The Bertz CT molecular complexity index is 469. The Morgan fingerprint density at radius 1 is 1.29 bits per heavy atom. The molecule has 0 fully saturated rings. The number of aryl methyl sites for hydroxylation is 1. The summed E-state index contributed by atoms with van der Waals surface area (Å²) in [5.74, 6) is 0.173. The number of rotatable bonds is 6. The molecular weight excluding hydrogens is 236 g/mol. The van der Waals surface area contributed by atoms with Gasteiger partial charge in [-0.2, -0.15) is 0 Å². The van der Waals surface area contributed by atoms with Crippen LogP contribution in [-0.2, 0) is 10.0 Å². The summed E-state index contributed by atoms with van der Waals surface area (Å²) < 4.78 is 26.2. The van der Waals surface area contributed by atoms with Gasteiger partial charge in [0.2, 0.25) is 10.0 Å². The molecule has 0 bridgehead atoms. The van der Waals surface area contributed by atoms with E-state index in [0.717, 1.165) is 17.7 Å². The maximum atomic E-state index is 11.8. The standard InChI is InChI=1S/C12H20N2O2S/c1-4-5-8-17(15,16)14-12-9-11(13-3)7-6-10(12)2/h6-7,9,13-14H,4-5,8H2,1-3H3. The predicted molar refractivity (Wildman–Crippen MR) is 73.0 cm³/mol. The van der Waals surface area contributed by atoms with Gasteiger partial charge in [0.15, 0.2) is 0 Å². The van der Waals surface area contributed by atoms with Crippen LogP contribution in [0.1, 0.15) is 25.3 Å². The van der Waals surface area contributed by atoms with Gasteiger partial charge in [-0.15, -0.1) is 0 Å². The number of unbranched alkanes of at least 4 members (excludes halogenated alkanes) is 1. The molecule has 0 saturated heterocycles. The maximum absolute atomic E-state index is 11.8. The highest BCUT2D eigenvalue weighted by atomic mass is 32.2. The SMILES string of the molecule is CCCCS(=O)(=O)Nc1cc(NC)ccc1C. The van der Waals surface area contributed by atoms with Crippen molar-refractivity contribution in [1.29, 1.82) is 0 Å². The van der Waals surface area contributed by atoms with Gasteiger partial charge in [-0.3, -0.25) is 4.72 Å². The van der Waals surface area contributed by atoms with Gasteiger partial charge in [-0.05, 0) is 31.0 Å². The molecule has 0 heterocycles. The van der Waals surface area contributed by atoms with Crippen molar-refractivity contribution in [3.63, 3.8) is 0 Å². The first kappa shape index (κ1) is 13.8. The Kier molecular flexibility index (Phi) is 4.81. The van der Waals surface area contributed by atoms with Crippen molar-refractivity contribution in [2.45, 2.75) is 26.7 Å². The molecule has 0 aliphatic heterocycles. The highest BCUT2D eigenvalue weighted by Crippen LogP contribution is 2.21. The number of anilines is 2. The average molecular weight is 256 g/mol. The Hall–Kier alpha value is -1.23. The van der Waals surface area contributed by atoms with Crippen LogP contribution in [0.15, 0.2) is 18.2 Å². The molecule has 1 rings (SSSR count). The zero-order chi connectivity index (χ0) is 12.9. The molecule has 0 radical (unpaired) electrons. The molecule has 0 aliphatic carbocycles. The molecule has 2 N–H and O–H groups in total. The molecule has 0 unspecified atom stereocenters. The van der Waals surface area contributed by atoms with E-state index in [9.17, 15) is 8.42 Å². The second-order valence-corrected chi connectivity index (χ2v) is 5.90. The van der Waals surface area contributed by atoms with E-state index in [-0.39, 0.29) is 5.75 Å². The van der Waals surface area contributed by atoms with Gasteiger partial charge in [0, 0.05) is 12.7 Å². The van der Waals surface area contributed by atoms with Gasteiger partial charge < -0.3 is 5.32 Å². The van der Waals surface area contributed by atoms with Crippen molar-refractivity contribution in [3.8, 4) is 0 Å². The Balaban J connectivity index is 2.87. The largest absolute Gasteiger partial charge is 0.388 e. The number of hydrogen-bond acceptors (Lipinski definition) is 3. The smallest absolute Gasteiger partial charge is 0.232 e. The summed E-state index contributed by atoms with van der Waals surface area (Å²) in [5, 5.41) is 2.99. The van der Waals surface area contributed by atoms with Crippen LogP contribution in [0.4, 0.5) is 11.4 Å². The highest BCUT2D eigenvalue weighted by Gasteiger charge is 2.11. The van der Waals surface area contributed by atoms with Crippen LogP contribution < -0.4 is 10.0 Å². The minimum Gasteiger partial charge on any atom is -0.388 e. The fourth-order valence-corrected chi connectivity index (χ4v) is 2.77. The summed E-state index contributed by atoms with van der Waals surface area (Å²) in [5.41, 5.74) is 2.46. The molecule has 4 nitrogen and oxygen atoms in total. The first-order valence-corrected chi connectivity index (χ1v) is 7.42. The molecule has 0 spiro atoms. The Labute approximate surface area is 103 Å². The van der Waals surface area contributed by atoms with Gasteiger partial charge in [0.25, 0.3) is 0 Å². The lowest BCUT2D eigenvalue weighted by molar-refractivity contribution is 0.598. The molecule has 96 valence electrons. The minimum absolute atomic E-state index is 0.173. The third-order valence-corrected chi connectivity index (χ3v) is 3.92. The molecular formula is C12H20N2O2S. The number of benzene rings is 1. The second-order valence-electron chi connectivity index (χ2n) is 4.05. The lowest BCUT2D eigenvalue weighted by atomic mass is 10.2. The van der Waals surface area contributed by atoms with E-state index in [2.05, 4.69) is 10.0 Å². The lowest BCUT2D eigenvalue weighted by Crippen LogP contribution is -2.17. The van der Waals surface area contributed by atoms with Gasteiger partial charge >= 0.3 is 0 Å². The first-order valence-electron chi connectivity index (χ1n) is 5.77. The van der Waals surface area contributed by atoms with E-state index in [4.69, 9.17) is 0 Å². The topological polar surface area (TPSA) is 58.2 Å². The Morgan fingerprint density at radius 3 is 2.59 bits per heavy atom. The fourth-order valence-electron chi connectivity index (χ4n) is 1.44. The summed E-state index contributed by atoms with van der Waals surface area (Å²) in [4.78, 5) is 0. The molecule has 0 amide bonds. The van der Waals surface area contributed by atoms with Gasteiger partial charge in [-0.25, -0.2) is 8.42 Å². The van der Waals surface area contributed by atoms with E-state index >= 15 is 0 Å². The molecule has 0 atom stereocenters. The molecule has 5 heteroatoms. The monoisotopic (exact) mass is 256 g/mol. The van der Waals surface area contributed by atoms with Crippen molar-refractivity contribution in [2.24, 2.45) is 0 Å². The van der Waals surface area contributed by atoms with Crippen LogP contribution in [0.25, 0.3) is 0 Å². The fraction of sp³-hybridized carbons (Fsp3) is 0.500. The van der Waals surface area contributed by atoms with Crippen molar-refractivity contribution in [2.75, 3.05) is 22.8 Å². The zero-order valence-electron chi connectivity index (χ0n) is 10.6. The quantitative estimate of drug-likeness (QED) is 0.822. The van der Waals surface area contributed by atoms with Crippen LogP contribution in [0.5, 0.6) is 0 Å². The van der Waals surface area contributed by atoms with Crippen molar-refractivity contribution in [3.05, 3.63) is 23.8 Å². The van der Waals surface area contributed by atoms with Gasteiger partial charge in [0.05, 0.1) is 11.4 Å². The van der Waals surface area contributed by atoms with Crippen molar-refractivity contribution >= 4 is 21.4 Å². The van der Waals surface area contributed by atoms with Crippen LogP contribution in [0.3, 0.4) is 0 Å². The van der Waals surface area contributed by atoms with Crippen LogP contribution >= 0.6 is 0 Å². The predicted octanol–water partition coefficient (Wildman–Crippen LogP) is 2.58. The van der Waals surface area contributed by atoms with Gasteiger partial charge in [-0.1, -0.05) is 19.4 Å². The van der Waals surface area contributed by atoms with Crippen LogP contribution in [-0.4, -0.2) is 21.2 Å². The van der Waals surface area contributed by atoms with Gasteiger partial charge in [0.1, 0.15) is 0 Å². The third-order valence-electron chi connectivity index (χ3n) is 2.56. The average Bonchev–Trinajstić information content (AvgIpc) is 2.29. The summed E-state index contributed by atoms with van der Waals surface area (Å²) in [6.07, 6.45) is 1.55. The second kappa shape index (κ2) is 5.91. The summed E-state index contributed by atoms with van der Waals surface area (Å²) in [6, 6.07) is 5.61.